The molecule has 1 aromatic heterocycles. The normalized spacial score (nSPS) is 16.7. The zero-order valence-corrected chi connectivity index (χ0v) is 14.1. The van der Waals surface area contributed by atoms with Gasteiger partial charge in [0.1, 0.15) is 5.69 Å². The first kappa shape index (κ1) is 16.6. The van der Waals surface area contributed by atoms with Crippen LogP contribution in [0.3, 0.4) is 0 Å². The Morgan fingerprint density at radius 2 is 2.08 bits per heavy atom. The maximum absolute atomic E-state index is 12.2. The van der Waals surface area contributed by atoms with Crippen LogP contribution in [-0.4, -0.2) is 34.0 Å². The third-order valence-electron chi connectivity index (χ3n) is 4.59. The van der Waals surface area contributed by atoms with Crippen molar-refractivity contribution in [1.82, 2.24) is 25.6 Å². The van der Waals surface area contributed by atoms with Gasteiger partial charge in [0.25, 0.3) is 0 Å². The summed E-state index contributed by atoms with van der Waals surface area (Å²) < 4.78 is 1.73. The van der Waals surface area contributed by atoms with E-state index in [1.165, 1.54) is 12.8 Å². The number of amides is 1. The van der Waals surface area contributed by atoms with Crippen LogP contribution >= 0.6 is 0 Å². The summed E-state index contributed by atoms with van der Waals surface area (Å²) in [6.07, 6.45) is 5.77. The van der Waals surface area contributed by atoms with E-state index in [2.05, 4.69) is 20.9 Å². The van der Waals surface area contributed by atoms with E-state index >= 15 is 0 Å². The molecule has 6 heteroatoms. The number of carbonyl (C=O) groups excluding carboxylic acids is 1. The fourth-order valence-electron chi connectivity index (χ4n) is 3.08. The Morgan fingerprint density at radius 3 is 2.83 bits per heavy atom. The average molecular weight is 327 g/mol. The van der Waals surface area contributed by atoms with E-state index in [1.54, 1.807) is 4.68 Å². The predicted octanol–water partition coefficient (Wildman–Crippen LogP) is 2.22. The molecule has 1 atom stereocenters. The van der Waals surface area contributed by atoms with E-state index in [9.17, 15) is 4.79 Å². The molecule has 0 bridgehead atoms. The lowest BCUT2D eigenvalue weighted by Gasteiger charge is -2.22. The average Bonchev–Trinajstić information content (AvgIpc) is 3.12. The Morgan fingerprint density at radius 1 is 1.33 bits per heavy atom. The molecule has 6 nitrogen and oxygen atoms in total. The van der Waals surface area contributed by atoms with Gasteiger partial charge in [0, 0.05) is 6.42 Å². The summed E-state index contributed by atoms with van der Waals surface area (Å²) in [4.78, 5) is 12.2. The molecule has 1 unspecified atom stereocenters. The van der Waals surface area contributed by atoms with Crippen LogP contribution in [0.15, 0.2) is 36.5 Å². The van der Waals surface area contributed by atoms with Crippen molar-refractivity contribution >= 4 is 5.91 Å². The van der Waals surface area contributed by atoms with Crippen LogP contribution in [0.4, 0.5) is 0 Å². The minimum Gasteiger partial charge on any atom is -0.348 e. The largest absolute Gasteiger partial charge is 0.348 e. The molecule has 0 radical (unpaired) electrons. The number of para-hydroxylation sites is 1. The SMILES string of the molecule is CC(NC(=O)CCC1CCNCC1)c1cn(-c2ccccc2)nn1. The second-order valence-corrected chi connectivity index (χ2v) is 6.44. The van der Waals surface area contributed by atoms with Gasteiger partial charge in [0.15, 0.2) is 0 Å². The monoisotopic (exact) mass is 327 g/mol. The fraction of sp³-hybridized carbons (Fsp3) is 0.500. The van der Waals surface area contributed by atoms with Crippen LogP contribution in [0.1, 0.15) is 44.3 Å². The highest BCUT2D eigenvalue weighted by molar-refractivity contribution is 5.76. The topological polar surface area (TPSA) is 71.8 Å². The van der Waals surface area contributed by atoms with Crippen molar-refractivity contribution in [1.29, 1.82) is 0 Å². The summed E-state index contributed by atoms with van der Waals surface area (Å²) in [5.74, 6) is 0.765. The van der Waals surface area contributed by atoms with Gasteiger partial charge in [0.2, 0.25) is 5.91 Å². The lowest BCUT2D eigenvalue weighted by Crippen LogP contribution is -2.30. The second kappa shape index (κ2) is 8.06. The summed E-state index contributed by atoms with van der Waals surface area (Å²) in [6.45, 7) is 4.10. The molecule has 0 spiro atoms. The van der Waals surface area contributed by atoms with E-state index in [4.69, 9.17) is 0 Å². The Hall–Kier alpha value is -2.21. The molecule has 1 fully saturated rings. The van der Waals surface area contributed by atoms with Crippen molar-refractivity contribution in [3.05, 3.63) is 42.2 Å². The Labute approximate surface area is 142 Å². The number of nitrogens with zero attached hydrogens (tertiary/aromatic N) is 3. The van der Waals surface area contributed by atoms with Gasteiger partial charge in [-0.3, -0.25) is 4.79 Å². The highest BCUT2D eigenvalue weighted by Gasteiger charge is 2.17. The van der Waals surface area contributed by atoms with Gasteiger partial charge in [-0.1, -0.05) is 23.4 Å². The predicted molar refractivity (Wildman–Crippen MR) is 92.7 cm³/mol. The molecule has 2 N–H and O–H groups in total. The molecule has 3 rings (SSSR count). The summed E-state index contributed by atoms with van der Waals surface area (Å²) in [5.41, 5.74) is 1.73. The van der Waals surface area contributed by atoms with E-state index in [1.807, 2.05) is 43.5 Å². The quantitative estimate of drug-likeness (QED) is 0.853. The van der Waals surface area contributed by atoms with Crippen molar-refractivity contribution in [3.63, 3.8) is 0 Å². The molecule has 2 aromatic rings. The third-order valence-corrected chi connectivity index (χ3v) is 4.59. The van der Waals surface area contributed by atoms with Crippen LogP contribution in [0.5, 0.6) is 0 Å². The second-order valence-electron chi connectivity index (χ2n) is 6.44. The standard InChI is InChI=1S/C18H25N5O/c1-14(20-18(24)8-7-15-9-11-19-12-10-15)17-13-23(22-21-17)16-5-3-2-4-6-16/h2-6,13-15,19H,7-12H2,1H3,(H,20,24). The Bertz CT molecular complexity index is 648. The van der Waals surface area contributed by atoms with E-state index in [0.29, 0.717) is 12.3 Å². The summed E-state index contributed by atoms with van der Waals surface area (Å²) in [6, 6.07) is 9.70. The summed E-state index contributed by atoms with van der Waals surface area (Å²) >= 11 is 0. The molecular formula is C18H25N5O. The number of benzene rings is 1. The van der Waals surface area contributed by atoms with Crippen LogP contribution in [0.2, 0.25) is 0 Å². The fourth-order valence-corrected chi connectivity index (χ4v) is 3.08. The number of hydrogen-bond donors (Lipinski definition) is 2. The lowest BCUT2D eigenvalue weighted by molar-refractivity contribution is -0.122. The maximum atomic E-state index is 12.2. The Kier molecular flexibility index (Phi) is 5.59. The van der Waals surface area contributed by atoms with Gasteiger partial charge >= 0.3 is 0 Å². The molecular weight excluding hydrogens is 302 g/mol. The van der Waals surface area contributed by atoms with E-state index in [-0.39, 0.29) is 11.9 Å². The molecule has 128 valence electrons. The maximum Gasteiger partial charge on any atom is 0.220 e. The number of rotatable bonds is 6. The molecule has 0 aliphatic carbocycles. The van der Waals surface area contributed by atoms with Gasteiger partial charge in [-0.2, -0.15) is 0 Å². The zero-order chi connectivity index (χ0) is 16.8. The van der Waals surface area contributed by atoms with Gasteiger partial charge in [-0.25, -0.2) is 4.68 Å². The summed E-state index contributed by atoms with van der Waals surface area (Å²) in [5, 5.41) is 14.7. The van der Waals surface area contributed by atoms with Crippen LogP contribution in [0, 0.1) is 5.92 Å². The number of aromatic nitrogens is 3. The number of nitrogens with one attached hydrogen (secondary N) is 2. The number of piperidine rings is 1. The van der Waals surface area contributed by atoms with Crippen LogP contribution < -0.4 is 10.6 Å². The molecule has 2 heterocycles. The van der Waals surface area contributed by atoms with Crippen molar-refractivity contribution in [3.8, 4) is 5.69 Å². The van der Waals surface area contributed by atoms with Crippen LogP contribution in [0.25, 0.3) is 5.69 Å². The first-order chi connectivity index (χ1) is 11.7. The van der Waals surface area contributed by atoms with Gasteiger partial charge in [-0.15, -0.1) is 5.10 Å². The molecule has 0 saturated carbocycles. The first-order valence-electron chi connectivity index (χ1n) is 8.70. The highest BCUT2D eigenvalue weighted by Crippen LogP contribution is 2.18. The van der Waals surface area contributed by atoms with Crippen molar-refractivity contribution in [2.75, 3.05) is 13.1 Å². The Balaban J connectivity index is 1.50. The van der Waals surface area contributed by atoms with Crippen LogP contribution in [-0.2, 0) is 4.79 Å². The molecule has 24 heavy (non-hydrogen) atoms. The molecule has 1 aromatic carbocycles. The van der Waals surface area contributed by atoms with Crippen molar-refractivity contribution < 1.29 is 4.79 Å². The number of carbonyl (C=O) groups is 1. The minimum absolute atomic E-state index is 0.0929. The highest BCUT2D eigenvalue weighted by atomic mass is 16.1. The molecule has 1 saturated heterocycles. The molecule has 1 amide bonds. The van der Waals surface area contributed by atoms with Gasteiger partial charge in [0.05, 0.1) is 17.9 Å². The van der Waals surface area contributed by atoms with Crippen molar-refractivity contribution in [2.45, 2.75) is 38.6 Å². The number of hydrogen-bond acceptors (Lipinski definition) is 4. The van der Waals surface area contributed by atoms with Gasteiger partial charge in [-0.05, 0) is 57.3 Å². The summed E-state index contributed by atoms with van der Waals surface area (Å²) in [7, 11) is 0. The van der Waals surface area contributed by atoms with E-state index in [0.717, 1.165) is 30.9 Å². The molecule has 1 aliphatic heterocycles. The molecule has 1 aliphatic rings. The zero-order valence-electron chi connectivity index (χ0n) is 14.1. The first-order valence-corrected chi connectivity index (χ1v) is 8.70. The smallest absolute Gasteiger partial charge is 0.220 e. The lowest BCUT2D eigenvalue weighted by atomic mass is 9.93. The van der Waals surface area contributed by atoms with E-state index < -0.39 is 0 Å². The third kappa shape index (κ3) is 4.41. The van der Waals surface area contributed by atoms with Crippen molar-refractivity contribution in [2.24, 2.45) is 5.92 Å². The minimum atomic E-state index is -0.136. The van der Waals surface area contributed by atoms with Gasteiger partial charge < -0.3 is 10.6 Å².